The lowest BCUT2D eigenvalue weighted by Gasteiger charge is -2.17. The molecule has 0 bridgehead atoms. The molecular weight excluding hydrogens is 290 g/mol. The van der Waals surface area contributed by atoms with E-state index in [1.54, 1.807) is 26.8 Å². The van der Waals surface area contributed by atoms with E-state index in [0.717, 1.165) is 11.5 Å². The van der Waals surface area contributed by atoms with Crippen molar-refractivity contribution in [1.29, 1.82) is 0 Å². The van der Waals surface area contributed by atoms with E-state index in [0.29, 0.717) is 12.4 Å². The second-order valence-corrected chi connectivity index (χ2v) is 8.39. The fraction of sp³-hybridized carbons (Fsp3) is 0.429. The van der Waals surface area contributed by atoms with Gasteiger partial charge in [0, 0.05) is 0 Å². The Morgan fingerprint density at radius 2 is 1.86 bits per heavy atom. The van der Waals surface area contributed by atoms with Gasteiger partial charge in [-0.1, -0.05) is 0 Å². The topological polar surface area (TPSA) is 85.1 Å². The van der Waals surface area contributed by atoms with Gasteiger partial charge in [0.25, 0.3) is 0 Å². The molecule has 1 N–H and O–H groups in total. The Bertz CT molecular complexity index is 713. The lowest BCUT2D eigenvalue weighted by Crippen LogP contribution is -2.28. The molecule has 2 rings (SSSR count). The highest BCUT2D eigenvalue weighted by atomic mass is 32.2. The van der Waals surface area contributed by atoms with E-state index in [4.69, 9.17) is 4.42 Å². The number of furan rings is 1. The molecule has 0 aliphatic rings. The first-order valence-electron chi connectivity index (χ1n) is 6.58. The third-order valence-electron chi connectivity index (χ3n) is 2.96. The van der Waals surface area contributed by atoms with Crippen molar-refractivity contribution >= 4 is 15.7 Å². The predicted molar refractivity (Wildman–Crippen MR) is 79.7 cm³/mol. The van der Waals surface area contributed by atoms with Gasteiger partial charge in [-0.3, -0.25) is 0 Å². The summed E-state index contributed by atoms with van der Waals surface area (Å²) in [6.45, 7) is 7.24. The molecule has 0 atom stereocenters. The second-order valence-electron chi connectivity index (χ2n) is 5.74. The minimum Gasteiger partial charge on any atom is -0.465 e. The smallest absolute Gasteiger partial charge is 0.202 e. The van der Waals surface area contributed by atoms with Crippen LogP contribution in [0.1, 0.15) is 32.3 Å². The third kappa shape index (κ3) is 3.41. The maximum Gasteiger partial charge on any atom is 0.202 e. The van der Waals surface area contributed by atoms with E-state index in [2.05, 4.69) is 15.5 Å². The van der Waals surface area contributed by atoms with Crippen LogP contribution in [-0.2, 0) is 16.4 Å². The first-order valence-corrected chi connectivity index (χ1v) is 8.06. The monoisotopic (exact) mass is 309 g/mol. The van der Waals surface area contributed by atoms with Crippen LogP contribution in [0.5, 0.6) is 0 Å². The fourth-order valence-electron chi connectivity index (χ4n) is 1.63. The highest BCUT2D eigenvalue weighted by molar-refractivity contribution is 7.92. The number of aryl methyl sites for hydroxylation is 1. The van der Waals surface area contributed by atoms with Crippen molar-refractivity contribution in [2.24, 2.45) is 0 Å². The molecule has 0 radical (unpaired) electrons. The zero-order valence-corrected chi connectivity index (χ0v) is 13.4. The highest BCUT2D eigenvalue weighted by Crippen LogP contribution is 2.23. The van der Waals surface area contributed by atoms with Crippen LogP contribution >= 0.6 is 0 Å². The molecule has 0 aromatic carbocycles. The summed E-state index contributed by atoms with van der Waals surface area (Å²) >= 11 is 0. The van der Waals surface area contributed by atoms with Gasteiger partial charge >= 0.3 is 0 Å². The van der Waals surface area contributed by atoms with E-state index in [1.807, 2.05) is 19.1 Å². The summed E-state index contributed by atoms with van der Waals surface area (Å²) in [7, 11) is -3.48. The summed E-state index contributed by atoms with van der Waals surface area (Å²) in [4.78, 5) is 0. The molecule has 7 heteroatoms. The van der Waals surface area contributed by atoms with Crippen molar-refractivity contribution in [2.75, 3.05) is 5.32 Å². The molecule has 114 valence electrons. The van der Waals surface area contributed by atoms with Crippen LogP contribution in [0.4, 0.5) is 5.82 Å². The first-order chi connectivity index (χ1) is 9.70. The molecule has 0 saturated heterocycles. The van der Waals surface area contributed by atoms with Crippen LogP contribution < -0.4 is 5.32 Å². The molecule has 2 aromatic heterocycles. The van der Waals surface area contributed by atoms with Crippen LogP contribution in [0.2, 0.25) is 0 Å². The second kappa shape index (κ2) is 5.48. The van der Waals surface area contributed by atoms with Crippen molar-refractivity contribution in [2.45, 2.75) is 44.0 Å². The van der Waals surface area contributed by atoms with Crippen molar-refractivity contribution in [3.63, 3.8) is 0 Å². The minimum atomic E-state index is -3.48. The highest BCUT2D eigenvalue weighted by Gasteiger charge is 2.32. The Kier molecular flexibility index (Phi) is 4.04. The van der Waals surface area contributed by atoms with Crippen molar-refractivity contribution in [3.05, 3.63) is 35.8 Å². The van der Waals surface area contributed by atoms with Gasteiger partial charge in [-0.05, 0) is 52.0 Å². The predicted octanol–water partition coefficient (Wildman–Crippen LogP) is 2.56. The summed E-state index contributed by atoms with van der Waals surface area (Å²) in [6.07, 6.45) is 0. The number of sulfone groups is 1. The Labute approximate surface area is 124 Å². The molecule has 0 spiro atoms. The number of aromatic nitrogens is 2. The summed E-state index contributed by atoms with van der Waals surface area (Å²) in [5.74, 6) is 2.11. The van der Waals surface area contributed by atoms with E-state index >= 15 is 0 Å². The fourth-order valence-corrected chi connectivity index (χ4v) is 2.65. The standard InChI is InChI=1S/C14H19N3O3S/c1-10-5-6-11(20-10)9-15-12-7-8-13(17-16-12)21(18,19)14(2,3)4/h5-8H,9H2,1-4H3,(H,15,16). The van der Waals surface area contributed by atoms with Crippen LogP contribution in [0.3, 0.4) is 0 Å². The summed E-state index contributed by atoms with van der Waals surface area (Å²) in [6, 6.07) is 6.81. The molecule has 2 heterocycles. The van der Waals surface area contributed by atoms with Crippen LogP contribution in [-0.4, -0.2) is 23.4 Å². The number of rotatable bonds is 4. The van der Waals surface area contributed by atoms with Crippen molar-refractivity contribution in [1.82, 2.24) is 10.2 Å². The zero-order chi connectivity index (χ0) is 15.7. The maximum atomic E-state index is 12.2. The average molecular weight is 309 g/mol. The molecule has 0 amide bonds. The summed E-state index contributed by atoms with van der Waals surface area (Å²) < 4.78 is 28.9. The van der Waals surface area contributed by atoms with Crippen LogP contribution in [0.15, 0.2) is 33.7 Å². The number of hydrogen-bond donors (Lipinski definition) is 1. The SMILES string of the molecule is Cc1ccc(CNc2ccc(S(=O)(=O)C(C)(C)C)nn2)o1. The quantitative estimate of drug-likeness (QED) is 0.934. The van der Waals surface area contributed by atoms with Gasteiger partial charge in [0.05, 0.1) is 11.3 Å². The minimum absolute atomic E-state index is 0.0191. The molecule has 0 unspecified atom stereocenters. The third-order valence-corrected chi connectivity index (χ3v) is 5.34. The van der Waals surface area contributed by atoms with E-state index in [1.165, 1.54) is 6.07 Å². The normalized spacial score (nSPS) is 12.4. The lowest BCUT2D eigenvalue weighted by atomic mass is 10.3. The Morgan fingerprint density at radius 1 is 1.14 bits per heavy atom. The first kappa shape index (κ1) is 15.5. The van der Waals surface area contributed by atoms with Gasteiger partial charge in [-0.2, -0.15) is 0 Å². The number of hydrogen-bond acceptors (Lipinski definition) is 6. The molecule has 0 saturated carbocycles. The molecule has 0 aliphatic carbocycles. The Balaban J connectivity index is 2.09. The molecule has 6 nitrogen and oxygen atoms in total. The largest absolute Gasteiger partial charge is 0.465 e. The maximum absolute atomic E-state index is 12.2. The van der Waals surface area contributed by atoms with E-state index in [9.17, 15) is 8.42 Å². The van der Waals surface area contributed by atoms with E-state index in [-0.39, 0.29) is 5.03 Å². The van der Waals surface area contributed by atoms with Gasteiger partial charge in [-0.15, -0.1) is 10.2 Å². The number of nitrogens with zero attached hydrogens (tertiary/aromatic N) is 2. The number of anilines is 1. The van der Waals surface area contributed by atoms with Gasteiger partial charge < -0.3 is 9.73 Å². The lowest BCUT2D eigenvalue weighted by molar-refractivity contribution is 0.490. The van der Waals surface area contributed by atoms with Crippen LogP contribution in [0, 0.1) is 6.92 Å². The van der Waals surface area contributed by atoms with Gasteiger partial charge in [0.2, 0.25) is 9.84 Å². The molecule has 0 aliphatic heterocycles. The Morgan fingerprint density at radius 3 is 2.33 bits per heavy atom. The summed E-state index contributed by atoms with van der Waals surface area (Å²) in [5, 5.41) is 10.7. The average Bonchev–Trinajstić information content (AvgIpc) is 2.81. The number of nitrogens with one attached hydrogen (secondary N) is 1. The van der Waals surface area contributed by atoms with Gasteiger partial charge in [0.1, 0.15) is 17.3 Å². The van der Waals surface area contributed by atoms with E-state index < -0.39 is 14.6 Å². The molecule has 0 fully saturated rings. The Hall–Kier alpha value is -1.89. The van der Waals surface area contributed by atoms with Gasteiger partial charge in [0.15, 0.2) is 5.03 Å². The van der Waals surface area contributed by atoms with Crippen LogP contribution in [0.25, 0.3) is 0 Å². The molecule has 21 heavy (non-hydrogen) atoms. The van der Waals surface area contributed by atoms with Crippen molar-refractivity contribution in [3.8, 4) is 0 Å². The van der Waals surface area contributed by atoms with Gasteiger partial charge in [-0.25, -0.2) is 8.42 Å². The molecule has 2 aromatic rings. The van der Waals surface area contributed by atoms with Crippen molar-refractivity contribution < 1.29 is 12.8 Å². The summed E-state index contributed by atoms with van der Waals surface area (Å²) in [5.41, 5.74) is 0. The zero-order valence-electron chi connectivity index (χ0n) is 12.5. The molecular formula is C14H19N3O3S.